The molecule has 2 atom stereocenters. The molecular weight excluding hydrogens is 219 g/mol. The van der Waals surface area contributed by atoms with E-state index in [4.69, 9.17) is 10.5 Å². The van der Waals surface area contributed by atoms with E-state index in [9.17, 15) is 4.39 Å². The topological polar surface area (TPSA) is 38.5 Å². The quantitative estimate of drug-likeness (QED) is 0.865. The number of nitrogens with two attached hydrogens (primary N) is 1. The Morgan fingerprint density at radius 2 is 2.29 bits per heavy atom. The van der Waals surface area contributed by atoms with Crippen molar-refractivity contribution >= 4 is 0 Å². The summed E-state index contributed by atoms with van der Waals surface area (Å²) < 4.78 is 19.1. The SMILES string of the molecule is CN(C1CCOC1)C(CN)c1ccccc1F. The summed E-state index contributed by atoms with van der Waals surface area (Å²) in [7, 11) is 1.99. The molecule has 1 aliphatic rings. The van der Waals surface area contributed by atoms with Gasteiger partial charge in [0.2, 0.25) is 0 Å². The molecule has 2 unspecified atom stereocenters. The van der Waals surface area contributed by atoms with Gasteiger partial charge in [-0.15, -0.1) is 0 Å². The van der Waals surface area contributed by atoms with E-state index >= 15 is 0 Å². The Bertz CT molecular complexity index is 366. The van der Waals surface area contributed by atoms with E-state index in [-0.39, 0.29) is 11.9 Å². The van der Waals surface area contributed by atoms with E-state index in [0.717, 1.165) is 13.0 Å². The molecule has 1 aromatic rings. The van der Waals surface area contributed by atoms with Crippen LogP contribution in [0.15, 0.2) is 24.3 Å². The van der Waals surface area contributed by atoms with Crippen LogP contribution in [0.5, 0.6) is 0 Å². The van der Waals surface area contributed by atoms with Gasteiger partial charge < -0.3 is 10.5 Å². The molecule has 1 heterocycles. The molecule has 0 bridgehead atoms. The van der Waals surface area contributed by atoms with E-state index in [0.29, 0.717) is 24.8 Å². The Morgan fingerprint density at radius 3 is 2.88 bits per heavy atom. The summed E-state index contributed by atoms with van der Waals surface area (Å²) in [4.78, 5) is 2.13. The van der Waals surface area contributed by atoms with Gasteiger partial charge in [0.1, 0.15) is 5.82 Å². The summed E-state index contributed by atoms with van der Waals surface area (Å²) in [5.74, 6) is -0.186. The van der Waals surface area contributed by atoms with Gasteiger partial charge >= 0.3 is 0 Å². The molecule has 94 valence electrons. The van der Waals surface area contributed by atoms with E-state index in [1.165, 1.54) is 6.07 Å². The highest BCUT2D eigenvalue weighted by atomic mass is 19.1. The van der Waals surface area contributed by atoms with Crippen molar-refractivity contribution in [3.8, 4) is 0 Å². The number of ether oxygens (including phenoxy) is 1. The van der Waals surface area contributed by atoms with Crippen LogP contribution in [0, 0.1) is 5.82 Å². The molecule has 0 radical (unpaired) electrons. The van der Waals surface area contributed by atoms with Crippen LogP contribution < -0.4 is 5.73 Å². The van der Waals surface area contributed by atoms with Gasteiger partial charge in [0.15, 0.2) is 0 Å². The van der Waals surface area contributed by atoms with Crippen molar-refractivity contribution in [1.29, 1.82) is 0 Å². The van der Waals surface area contributed by atoms with Crippen LogP contribution in [0.25, 0.3) is 0 Å². The van der Waals surface area contributed by atoms with Crippen molar-refractivity contribution in [3.63, 3.8) is 0 Å². The smallest absolute Gasteiger partial charge is 0.128 e. The second-order valence-corrected chi connectivity index (χ2v) is 4.46. The van der Waals surface area contributed by atoms with Crippen LogP contribution in [0.4, 0.5) is 4.39 Å². The van der Waals surface area contributed by atoms with Crippen molar-refractivity contribution in [3.05, 3.63) is 35.6 Å². The minimum atomic E-state index is -0.186. The molecule has 0 aliphatic carbocycles. The molecule has 4 heteroatoms. The largest absolute Gasteiger partial charge is 0.380 e. The molecule has 0 aromatic heterocycles. The molecule has 1 saturated heterocycles. The van der Waals surface area contributed by atoms with E-state index < -0.39 is 0 Å². The maximum atomic E-state index is 13.8. The molecule has 0 amide bonds. The van der Waals surface area contributed by atoms with Gasteiger partial charge in [-0.3, -0.25) is 4.90 Å². The zero-order chi connectivity index (χ0) is 12.3. The summed E-state index contributed by atoms with van der Waals surface area (Å²) in [6.07, 6.45) is 0.988. The monoisotopic (exact) mass is 238 g/mol. The first-order chi connectivity index (χ1) is 8.24. The van der Waals surface area contributed by atoms with E-state index in [1.54, 1.807) is 12.1 Å². The summed E-state index contributed by atoms with van der Waals surface area (Å²) in [6, 6.07) is 7.09. The van der Waals surface area contributed by atoms with E-state index in [1.807, 2.05) is 13.1 Å². The van der Waals surface area contributed by atoms with Gasteiger partial charge in [-0.05, 0) is 19.5 Å². The Hall–Kier alpha value is -0.970. The lowest BCUT2D eigenvalue weighted by Crippen LogP contribution is -2.39. The molecule has 0 saturated carbocycles. The molecule has 1 aromatic carbocycles. The third kappa shape index (κ3) is 2.65. The summed E-state index contributed by atoms with van der Waals surface area (Å²) in [5, 5.41) is 0. The third-order valence-corrected chi connectivity index (χ3v) is 3.46. The Labute approximate surface area is 101 Å². The second kappa shape index (κ2) is 5.58. The highest BCUT2D eigenvalue weighted by Gasteiger charge is 2.27. The van der Waals surface area contributed by atoms with Gasteiger partial charge in [0.05, 0.1) is 6.61 Å². The molecular formula is C13H19FN2O. The third-order valence-electron chi connectivity index (χ3n) is 3.46. The molecule has 2 rings (SSSR count). The normalized spacial score (nSPS) is 22.0. The van der Waals surface area contributed by atoms with Crippen LogP contribution in [0.1, 0.15) is 18.0 Å². The average Bonchev–Trinajstić information content (AvgIpc) is 2.86. The van der Waals surface area contributed by atoms with Crippen LogP contribution in [0.3, 0.4) is 0 Å². The fraction of sp³-hybridized carbons (Fsp3) is 0.538. The summed E-state index contributed by atoms with van der Waals surface area (Å²) in [6.45, 7) is 1.90. The van der Waals surface area contributed by atoms with Gasteiger partial charge in [0.25, 0.3) is 0 Å². The average molecular weight is 238 g/mol. The maximum absolute atomic E-state index is 13.8. The predicted octanol–water partition coefficient (Wildman–Crippen LogP) is 1.55. The highest BCUT2D eigenvalue weighted by molar-refractivity contribution is 5.21. The fourth-order valence-electron chi connectivity index (χ4n) is 2.36. The lowest BCUT2D eigenvalue weighted by Gasteiger charge is -2.31. The van der Waals surface area contributed by atoms with Crippen molar-refractivity contribution < 1.29 is 9.13 Å². The lowest BCUT2D eigenvalue weighted by molar-refractivity contribution is 0.133. The number of likely N-dealkylation sites (N-methyl/N-ethyl adjacent to an activating group) is 1. The number of nitrogens with zero attached hydrogens (tertiary/aromatic N) is 1. The minimum Gasteiger partial charge on any atom is -0.380 e. The number of benzene rings is 1. The first-order valence-corrected chi connectivity index (χ1v) is 5.98. The molecule has 1 aliphatic heterocycles. The van der Waals surface area contributed by atoms with Crippen molar-refractivity contribution in [2.45, 2.75) is 18.5 Å². The lowest BCUT2D eigenvalue weighted by atomic mass is 10.0. The molecule has 17 heavy (non-hydrogen) atoms. The standard InChI is InChI=1S/C13H19FN2O/c1-16(10-6-7-17-9-10)13(8-15)11-4-2-3-5-12(11)14/h2-5,10,13H,6-9,15H2,1H3. The van der Waals surface area contributed by atoms with E-state index in [2.05, 4.69) is 4.90 Å². The molecule has 0 spiro atoms. The Morgan fingerprint density at radius 1 is 1.53 bits per heavy atom. The van der Waals surface area contributed by atoms with Crippen LogP contribution in [-0.4, -0.2) is 37.7 Å². The number of hydrogen-bond acceptors (Lipinski definition) is 3. The first-order valence-electron chi connectivity index (χ1n) is 5.98. The minimum absolute atomic E-state index is 0.0806. The molecule has 2 N–H and O–H groups in total. The summed E-state index contributed by atoms with van der Waals surface area (Å²) in [5.41, 5.74) is 6.46. The molecule has 3 nitrogen and oxygen atoms in total. The fourth-order valence-corrected chi connectivity index (χ4v) is 2.36. The van der Waals surface area contributed by atoms with Gasteiger partial charge in [-0.1, -0.05) is 18.2 Å². The summed E-state index contributed by atoms with van der Waals surface area (Å²) >= 11 is 0. The zero-order valence-corrected chi connectivity index (χ0v) is 10.1. The van der Waals surface area contributed by atoms with Crippen LogP contribution in [-0.2, 0) is 4.74 Å². The van der Waals surface area contributed by atoms with Gasteiger partial charge in [-0.2, -0.15) is 0 Å². The van der Waals surface area contributed by atoms with Crippen LogP contribution in [0.2, 0.25) is 0 Å². The predicted molar refractivity (Wildman–Crippen MR) is 65.2 cm³/mol. The number of rotatable bonds is 4. The van der Waals surface area contributed by atoms with Gasteiger partial charge in [0, 0.05) is 30.8 Å². The zero-order valence-electron chi connectivity index (χ0n) is 10.1. The Kier molecular flexibility index (Phi) is 4.10. The van der Waals surface area contributed by atoms with Gasteiger partial charge in [-0.25, -0.2) is 4.39 Å². The second-order valence-electron chi connectivity index (χ2n) is 4.46. The Balaban J connectivity index is 2.18. The maximum Gasteiger partial charge on any atom is 0.128 e. The molecule has 1 fully saturated rings. The number of halogens is 1. The first kappa shape index (κ1) is 12.5. The van der Waals surface area contributed by atoms with Crippen molar-refractivity contribution in [1.82, 2.24) is 4.90 Å². The van der Waals surface area contributed by atoms with Crippen LogP contribution >= 0.6 is 0 Å². The van der Waals surface area contributed by atoms with Crippen molar-refractivity contribution in [2.75, 3.05) is 26.8 Å². The highest BCUT2D eigenvalue weighted by Crippen LogP contribution is 2.25. The van der Waals surface area contributed by atoms with Crippen molar-refractivity contribution in [2.24, 2.45) is 5.73 Å². The number of hydrogen-bond donors (Lipinski definition) is 1.